The van der Waals surface area contributed by atoms with Gasteiger partial charge in [0.2, 0.25) is 0 Å². The SMILES string of the molecule is COc1ccc(C2CN(C)Cc3cc(OCCCN(C)C(C)C)ccc32)cc1. The Kier molecular flexibility index (Phi) is 6.97. The van der Waals surface area contributed by atoms with Gasteiger partial charge < -0.3 is 19.3 Å². The molecule has 1 unspecified atom stereocenters. The highest BCUT2D eigenvalue weighted by molar-refractivity contribution is 5.45. The molecule has 4 heteroatoms. The van der Waals surface area contributed by atoms with E-state index >= 15 is 0 Å². The van der Waals surface area contributed by atoms with Crippen LogP contribution in [0.2, 0.25) is 0 Å². The molecule has 0 N–H and O–H groups in total. The Bertz CT molecular complexity index is 758. The van der Waals surface area contributed by atoms with Gasteiger partial charge in [-0.05, 0) is 75.3 Å². The molecule has 1 aliphatic heterocycles. The number of hydrogen-bond donors (Lipinski definition) is 0. The maximum Gasteiger partial charge on any atom is 0.119 e. The zero-order valence-electron chi connectivity index (χ0n) is 17.9. The maximum atomic E-state index is 6.05. The van der Waals surface area contributed by atoms with Crippen LogP contribution >= 0.6 is 0 Å². The fourth-order valence-electron chi connectivity index (χ4n) is 3.80. The van der Waals surface area contributed by atoms with E-state index in [0.29, 0.717) is 12.0 Å². The zero-order chi connectivity index (χ0) is 20.1. The van der Waals surface area contributed by atoms with Crippen molar-refractivity contribution in [3.63, 3.8) is 0 Å². The predicted molar refractivity (Wildman–Crippen MR) is 115 cm³/mol. The fourth-order valence-corrected chi connectivity index (χ4v) is 3.80. The molecule has 4 nitrogen and oxygen atoms in total. The molecule has 0 aromatic heterocycles. The average Bonchev–Trinajstić information content (AvgIpc) is 2.70. The molecule has 1 atom stereocenters. The van der Waals surface area contributed by atoms with Gasteiger partial charge >= 0.3 is 0 Å². The Morgan fingerprint density at radius 3 is 2.50 bits per heavy atom. The molecule has 0 aliphatic carbocycles. The van der Waals surface area contributed by atoms with Gasteiger partial charge in [-0.2, -0.15) is 0 Å². The van der Waals surface area contributed by atoms with Crippen LogP contribution in [0.5, 0.6) is 11.5 Å². The second kappa shape index (κ2) is 9.44. The molecule has 0 amide bonds. The minimum atomic E-state index is 0.383. The van der Waals surface area contributed by atoms with Crippen LogP contribution in [0.1, 0.15) is 42.9 Å². The summed E-state index contributed by atoms with van der Waals surface area (Å²) in [5.41, 5.74) is 4.11. The maximum absolute atomic E-state index is 6.05. The van der Waals surface area contributed by atoms with Crippen LogP contribution in [0, 0.1) is 0 Å². The van der Waals surface area contributed by atoms with E-state index in [2.05, 4.69) is 80.2 Å². The number of ether oxygens (including phenoxy) is 2. The molecule has 2 aromatic carbocycles. The summed E-state index contributed by atoms with van der Waals surface area (Å²) in [6, 6.07) is 15.7. The molecular formula is C24H34N2O2. The van der Waals surface area contributed by atoms with Crippen LogP contribution in [0.15, 0.2) is 42.5 Å². The van der Waals surface area contributed by atoms with Gasteiger partial charge in [0.15, 0.2) is 0 Å². The van der Waals surface area contributed by atoms with Crippen molar-refractivity contribution in [2.24, 2.45) is 0 Å². The molecule has 1 heterocycles. The van der Waals surface area contributed by atoms with Crippen LogP contribution in [-0.4, -0.2) is 56.7 Å². The van der Waals surface area contributed by atoms with Crippen molar-refractivity contribution in [2.75, 3.05) is 40.9 Å². The molecule has 2 aromatic rings. The van der Waals surface area contributed by atoms with Crippen molar-refractivity contribution >= 4 is 0 Å². The highest BCUT2D eigenvalue weighted by Gasteiger charge is 2.25. The first-order chi connectivity index (χ1) is 13.5. The van der Waals surface area contributed by atoms with E-state index in [1.807, 2.05) is 0 Å². The molecular weight excluding hydrogens is 348 g/mol. The fraction of sp³-hybridized carbons (Fsp3) is 0.500. The van der Waals surface area contributed by atoms with Crippen LogP contribution in [0.3, 0.4) is 0 Å². The summed E-state index contributed by atoms with van der Waals surface area (Å²) < 4.78 is 11.4. The van der Waals surface area contributed by atoms with Crippen LogP contribution in [0.25, 0.3) is 0 Å². The van der Waals surface area contributed by atoms with E-state index in [1.54, 1.807) is 7.11 Å². The summed E-state index contributed by atoms with van der Waals surface area (Å²) in [6.07, 6.45) is 1.04. The molecule has 0 radical (unpaired) electrons. The Labute approximate surface area is 170 Å². The van der Waals surface area contributed by atoms with E-state index in [0.717, 1.165) is 44.2 Å². The van der Waals surface area contributed by atoms with Crippen molar-refractivity contribution in [3.8, 4) is 11.5 Å². The Morgan fingerprint density at radius 1 is 1.11 bits per heavy atom. The summed E-state index contributed by atoms with van der Waals surface area (Å²) in [5, 5.41) is 0. The van der Waals surface area contributed by atoms with E-state index in [9.17, 15) is 0 Å². The topological polar surface area (TPSA) is 24.9 Å². The van der Waals surface area contributed by atoms with Gasteiger partial charge in [-0.1, -0.05) is 18.2 Å². The molecule has 0 saturated carbocycles. The van der Waals surface area contributed by atoms with Crippen LogP contribution in [-0.2, 0) is 6.54 Å². The second-order valence-electron chi connectivity index (χ2n) is 8.16. The lowest BCUT2D eigenvalue weighted by molar-refractivity contribution is 0.233. The highest BCUT2D eigenvalue weighted by Crippen LogP contribution is 2.35. The summed E-state index contributed by atoms with van der Waals surface area (Å²) in [5.74, 6) is 2.27. The third-order valence-electron chi connectivity index (χ3n) is 5.75. The molecule has 0 fully saturated rings. The average molecular weight is 383 g/mol. The number of methoxy groups -OCH3 is 1. The Balaban J connectivity index is 1.68. The number of likely N-dealkylation sites (N-methyl/N-ethyl adjacent to an activating group) is 1. The largest absolute Gasteiger partial charge is 0.497 e. The van der Waals surface area contributed by atoms with Crippen molar-refractivity contribution in [1.29, 1.82) is 0 Å². The van der Waals surface area contributed by atoms with Crippen LogP contribution in [0.4, 0.5) is 0 Å². The van der Waals surface area contributed by atoms with Gasteiger partial charge in [0.1, 0.15) is 11.5 Å². The lowest BCUT2D eigenvalue weighted by atomic mass is 9.84. The molecule has 0 saturated heterocycles. The highest BCUT2D eigenvalue weighted by atomic mass is 16.5. The van der Waals surface area contributed by atoms with E-state index in [4.69, 9.17) is 9.47 Å². The Morgan fingerprint density at radius 2 is 1.82 bits per heavy atom. The van der Waals surface area contributed by atoms with E-state index in [-0.39, 0.29) is 0 Å². The number of hydrogen-bond acceptors (Lipinski definition) is 4. The van der Waals surface area contributed by atoms with Crippen molar-refractivity contribution in [2.45, 2.75) is 38.8 Å². The molecule has 152 valence electrons. The normalized spacial score (nSPS) is 17.0. The summed E-state index contributed by atoms with van der Waals surface area (Å²) >= 11 is 0. The predicted octanol–water partition coefficient (Wildman–Crippen LogP) is 4.38. The minimum Gasteiger partial charge on any atom is -0.497 e. The van der Waals surface area contributed by atoms with Gasteiger partial charge in [0.05, 0.1) is 13.7 Å². The van der Waals surface area contributed by atoms with Crippen molar-refractivity contribution < 1.29 is 9.47 Å². The van der Waals surface area contributed by atoms with Gasteiger partial charge in [0, 0.05) is 31.6 Å². The molecule has 0 bridgehead atoms. The number of fused-ring (bicyclic) bond motifs is 1. The first kappa shape index (κ1) is 20.7. The third kappa shape index (κ3) is 5.06. The van der Waals surface area contributed by atoms with Crippen molar-refractivity contribution in [1.82, 2.24) is 9.80 Å². The summed E-state index contributed by atoms with van der Waals surface area (Å²) in [7, 11) is 6.06. The van der Waals surface area contributed by atoms with Gasteiger partial charge in [0.25, 0.3) is 0 Å². The molecule has 28 heavy (non-hydrogen) atoms. The lowest BCUT2D eigenvalue weighted by Gasteiger charge is -2.33. The second-order valence-corrected chi connectivity index (χ2v) is 8.16. The smallest absolute Gasteiger partial charge is 0.119 e. The first-order valence-corrected chi connectivity index (χ1v) is 10.3. The third-order valence-corrected chi connectivity index (χ3v) is 5.75. The van der Waals surface area contributed by atoms with E-state index in [1.165, 1.54) is 16.7 Å². The molecule has 1 aliphatic rings. The van der Waals surface area contributed by atoms with Crippen molar-refractivity contribution in [3.05, 3.63) is 59.2 Å². The van der Waals surface area contributed by atoms with E-state index < -0.39 is 0 Å². The number of rotatable bonds is 8. The monoisotopic (exact) mass is 382 g/mol. The Hall–Kier alpha value is -2.04. The number of benzene rings is 2. The summed E-state index contributed by atoms with van der Waals surface area (Å²) in [6.45, 7) is 8.26. The lowest BCUT2D eigenvalue weighted by Crippen LogP contribution is -2.31. The zero-order valence-corrected chi connectivity index (χ0v) is 17.9. The van der Waals surface area contributed by atoms with Gasteiger partial charge in [-0.3, -0.25) is 0 Å². The van der Waals surface area contributed by atoms with Gasteiger partial charge in [-0.25, -0.2) is 0 Å². The standard InChI is InChI=1S/C24H34N2O2/c1-18(2)26(4)13-6-14-28-22-11-12-23-20(15-22)16-25(3)17-24(23)19-7-9-21(27-5)10-8-19/h7-12,15,18,24H,6,13-14,16-17H2,1-5H3. The summed E-state index contributed by atoms with van der Waals surface area (Å²) in [4.78, 5) is 4.74. The first-order valence-electron chi connectivity index (χ1n) is 10.3. The molecule has 0 spiro atoms. The van der Waals surface area contributed by atoms with Gasteiger partial charge in [-0.15, -0.1) is 0 Å². The number of nitrogens with zero attached hydrogens (tertiary/aromatic N) is 2. The quantitative estimate of drug-likeness (QED) is 0.633. The van der Waals surface area contributed by atoms with Crippen LogP contribution < -0.4 is 9.47 Å². The molecule has 3 rings (SSSR count). The minimum absolute atomic E-state index is 0.383.